The Kier molecular flexibility index (Phi) is 3.98. The molecule has 1 aromatic rings. The first-order chi connectivity index (χ1) is 9.00. The van der Waals surface area contributed by atoms with Crippen molar-refractivity contribution < 1.29 is 14.7 Å². The molecule has 1 fully saturated rings. The van der Waals surface area contributed by atoms with Gasteiger partial charge in [0, 0.05) is 11.9 Å². The quantitative estimate of drug-likeness (QED) is 0.780. The van der Waals surface area contributed by atoms with E-state index in [1.54, 1.807) is 6.20 Å². The van der Waals surface area contributed by atoms with Crippen LogP contribution in [0.25, 0.3) is 0 Å². The third-order valence-corrected chi connectivity index (χ3v) is 4.50. The molecule has 0 bridgehead atoms. The van der Waals surface area contributed by atoms with Gasteiger partial charge in [-0.05, 0) is 5.92 Å². The van der Waals surface area contributed by atoms with E-state index in [0.717, 1.165) is 0 Å². The van der Waals surface area contributed by atoms with Gasteiger partial charge in [-0.25, -0.2) is 9.59 Å². The molecule has 0 radical (unpaired) electrons. The number of aromatic nitrogens is 2. The molecule has 1 aromatic heterocycles. The fourth-order valence-corrected chi connectivity index (χ4v) is 3.47. The van der Waals surface area contributed by atoms with Gasteiger partial charge < -0.3 is 10.4 Å². The Morgan fingerprint density at radius 3 is 2.89 bits per heavy atom. The van der Waals surface area contributed by atoms with Crippen molar-refractivity contribution in [3.8, 4) is 0 Å². The van der Waals surface area contributed by atoms with Gasteiger partial charge in [0.15, 0.2) is 0 Å². The van der Waals surface area contributed by atoms with E-state index in [2.05, 4.69) is 15.5 Å². The number of carboxylic acids is 1. The molecule has 0 spiro atoms. The highest BCUT2D eigenvalue weighted by Crippen LogP contribution is 2.34. The maximum absolute atomic E-state index is 12.2. The third-order valence-electron chi connectivity index (χ3n) is 2.87. The number of carbonyl (C=O) groups excluding carboxylic acids is 1. The first-order valence-corrected chi connectivity index (χ1v) is 6.98. The van der Waals surface area contributed by atoms with E-state index in [-0.39, 0.29) is 11.3 Å². The van der Waals surface area contributed by atoms with E-state index < -0.39 is 18.0 Å². The van der Waals surface area contributed by atoms with Crippen LogP contribution in [0.4, 0.5) is 10.5 Å². The Bertz CT molecular complexity index is 463. The largest absolute Gasteiger partial charge is 0.480 e. The smallest absolute Gasteiger partial charge is 0.327 e. The fraction of sp³-hybridized carbons (Fsp3) is 0.545. The minimum absolute atomic E-state index is 0.131. The molecule has 2 atom stereocenters. The summed E-state index contributed by atoms with van der Waals surface area (Å²) in [7, 11) is 0. The van der Waals surface area contributed by atoms with Crippen LogP contribution in [0.15, 0.2) is 12.4 Å². The maximum Gasteiger partial charge on any atom is 0.327 e. The number of hydrogen-bond acceptors (Lipinski definition) is 4. The number of H-pyrrole nitrogens is 1. The summed E-state index contributed by atoms with van der Waals surface area (Å²) in [5.41, 5.74) is 0.522. The molecule has 2 rings (SSSR count). The zero-order valence-electron chi connectivity index (χ0n) is 10.7. The van der Waals surface area contributed by atoms with Crippen molar-refractivity contribution in [2.24, 2.45) is 5.92 Å². The molecule has 2 unspecified atom stereocenters. The molecular formula is C11H16N4O3S. The number of anilines is 1. The number of nitrogens with zero attached hydrogens (tertiary/aromatic N) is 2. The molecule has 0 saturated carbocycles. The third kappa shape index (κ3) is 2.83. The highest BCUT2D eigenvalue weighted by atomic mass is 32.2. The summed E-state index contributed by atoms with van der Waals surface area (Å²) in [5.74, 6) is -0.376. The van der Waals surface area contributed by atoms with Gasteiger partial charge in [-0.1, -0.05) is 13.8 Å². The van der Waals surface area contributed by atoms with E-state index in [1.807, 2.05) is 13.8 Å². The second kappa shape index (κ2) is 5.52. The molecule has 1 aliphatic heterocycles. The van der Waals surface area contributed by atoms with Crippen LogP contribution in [0.5, 0.6) is 0 Å². The van der Waals surface area contributed by atoms with E-state index in [9.17, 15) is 14.7 Å². The summed E-state index contributed by atoms with van der Waals surface area (Å²) in [6.07, 6.45) is 3.02. The highest BCUT2D eigenvalue weighted by Gasteiger charge is 2.42. The van der Waals surface area contributed by atoms with Crippen LogP contribution < -0.4 is 5.32 Å². The van der Waals surface area contributed by atoms with Crippen LogP contribution >= 0.6 is 11.8 Å². The zero-order chi connectivity index (χ0) is 14.0. The lowest BCUT2D eigenvalue weighted by atomic mass is 10.2. The minimum Gasteiger partial charge on any atom is -0.480 e. The predicted octanol–water partition coefficient (Wildman–Crippen LogP) is 1.43. The maximum atomic E-state index is 12.2. The minimum atomic E-state index is -0.974. The fourth-order valence-electron chi connectivity index (χ4n) is 2.00. The number of carboxylic acid groups (broad SMARTS) is 1. The summed E-state index contributed by atoms with van der Waals surface area (Å²) < 4.78 is 0. The van der Waals surface area contributed by atoms with E-state index in [4.69, 9.17) is 0 Å². The molecule has 19 heavy (non-hydrogen) atoms. The van der Waals surface area contributed by atoms with Gasteiger partial charge in [0.05, 0.1) is 17.3 Å². The number of nitrogens with one attached hydrogen (secondary N) is 2. The summed E-state index contributed by atoms with van der Waals surface area (Å²) in [4.78, 5) is 24.9. The van der Waals surface area contributed by atoms with Gasteiger partial charge in [-0.2, -0.15) is 5.10 Å². The Morgan fingerprint density at radius 1 is 1.63 bits per heavy atom. The molecule has 1 saturated heterocycles. The van der Waals surface area contributed by atoms with Crippen molar-refractivity contribution >= 4 is 29.4 Å². The average molecular weight is 284 g/mol. The summed E-state index contributed by atoms with van der Waals surface area (Å²) >= 11 is 1.50. The molecule has 0 aromatic carbocycles. The number of thioether (sulfide) groups is 1. The lowest BCUT2D eigenvalue weighted by Gasteiger charge is -2.29. The number of aromatic amines is 1. The van der Waals surface area contributed by atoms with Crippen LogP contribution in [0.1, 0.15) is 13.8 Å². The van der Waals surface area contributed by atoms with Gasteiger partial charge in [-0.15, -0.1) is 11.8 Å². The van der Waals surface area contributed by atoms with Gasteiger partial charge >= 0.3 is 12.0 Å². The Labute approximate surface area is 114 Å². The van der Waals surface area contributed by atoms with Crippen LogP contribution in [-0.2, 0) is 4.79 Å². The molecule has 3 N–H and O–H groups in total. The molecule has 0 aliphatic carbocycles. The topological polar surface area (TPSA) is 98.3 Å². The first kappa shape index (κ1) is 13.7. The number of aliphatic carboxylic acids is 1. The van der Waals surface area contributed by atoms with Gasteiger partial charge in [0.1, 0.15) is 6.04 Å². The van der Waals surface area contributed by atoms with Crippen molar-refractivity contribution in [3.05, 3.63) is 12.4 Å². The average Bonchev–Trinajstić information content (AvgIpc) is 2.95. The lowest BCUT2D eigenvalue weighted by molar-refractivity contribution is -0.141. The number of amides is 2. The molecule has 2 amide bonds. The van der Waals surface area contributed by atoms with Crippen molar-refractivity contribution in [1.29, 1.82) is 0 Å². The van der Waals surface area contributed by atoms with Gasteiger partial charge in [0.25, 0.3) is 0 Å². The molecule has 104 valence electrons. The van der Waals surface area contributed by atoms with Gasteiger partial charge in [0.2, 0.25) is 0 Å². The van der Waals surface area contributed by atoms with Crippen LogP contribution in [0.2, 0.25) is 0 Å². The lowest BCUT2D eigenvalue weighted by Crippen LogP contribution is -2.49. The summed E-state index contributed by atoms with van der Waals surface area (Å²) in [5, 5.41) is 18.0. The SMILES string of the molecule is CC(C)C1SCC(C(=O)O)N1C(=O)Nc1cn[nH]c1. The van der Waals surface area contributed by atoms with Gasteiger partial charge in [-0.3, -0.25) is 10.00 Å². The van der Waals surface area contributed by atoms with Crippen LogP contribution in [0.3, 0.4) is 0 Å². The van der Waals surface area contributed by atoms with Crippen molar-refractivity contribution in [2.45, 2.75) is 25.3 Å². The van der Waals surface area contributed by atoms with E-state index in [0.29, 0.717) is 11.4 Å². The highest BCUT2D eigenvalue weighted by molar-refractivity contribution is 8.00. The second-order valence-electron chi connectivity index (χ2n) is 4.65. The molecule has 2 heterocycles. The van der Waals surface area contributed by atoms with E-state index >= 15 is 0 Å². The number of urea groups is 1. The van der Waals surface area contributed by atoms with Crippen LogP contribution in [0, 0.1) is 5.92 Å². The van der Waals surface area contributed by atoms with Crippen molar-refractivity contribution in [2.75, 3.05) is 11.1 Å². The predicted molar refractivity (Wildman–Crippen MR) is 72.0 cm³/mol. The van der Waals surface area contributed by atoms with Crippen molar-refractivity contribution in [1.82, 2.24) is 15.1 Å². The summed E-state index contributed by atoms with van der Waals surface area (Å²) in [6.45, 7) is 3.94. The molecular weight excluding hydrogens is 268 g/mol. The van der Waals surface area contributed by atoms with Crippen LogP contribution in [-0.4, -0.2) is 49.4 Å². The zero-order valence-corrected chi connectivity index (χ0v) is 11.5. The molecule has 1 aliphatic rings. The Morgan fingerprint density at radius 2 is 2.37 bits per heavy atom. The monoisotopic (exact) mass is 284 g/mol. The number of rotatable bonds is 3. The molecule has 8 heteroatoms. The summed E-state index contributed by atoms with van der Waals surface area (Å²) in [6, 6.07) is -1.19. The molecule has 7 nitrogen and oxygen atoms in total. The normalized spacial score (nSPS) is 22.8. The van der Waals surface area contributed by atoms with E-state index in [1.165, 1.54) is 22.9 Å². The number of hydrogen-bond donors (Lipinski definition) is 3. The first-order valence-electron chi connectivity index (χ1n) is 5.93. The second-order valence-corrected chi connectivity index (χ2v) is 5.80. The number of carbonyl (C=O) groups is 2. The standard InChI is InChI=1S/C11H16N4O3S/c1-6(2)9-15(8(5-19-9)10(16)17)11(18)14-7-3-12-13-4-7/h3-4,6,8-9H,5H2,1-2H3,(H,12,13)(H,14,18)(H,16,17). The van der Waals surface area contributed by atoms with Crippen molar-refractivity contribution in [3.63, 3.8) is 0 Å². The Hall–Kier alpha value is -1.70. The Balaban J connectivity index is 2.16.